The topological polar surface area (TPSA) is 172 Å². The maximum absolute atomic E-state index is 12.6. The molecule has 4 N–H and O–H groups in total. The van der Waals surface area contributed by atoms with Crippen molar-refractivity contribution in [1.82, 2.24) is 0 Å². The van der Waals surface area contributed by atoms with Crippen LogP contribution in [0.1, 0.15) is 187 Å². The van der Waals surface area contributed by atoms with E-state index in [1.54, 1.807) is 0 Å². The molecule has 0 heterocycles. The van der Waals surface area contributed by atoms with Gasteiger partial charge < -0.3 is 25.2 Å². The van der Waals surface area contributed by atoms with E-state index in [4.69, 9.17) is 24.8 Å². The minimum Gasteiger partial charge on any atom is -0.480 e. The van der Waals surface area contributed by atoms with Gasteiger partial charge in [-0.1, -0.05) is 148 Å². The number of carbonyl (C=O) groups is 3. The number of hydrogen-bond donors (Lipinski definition) is 3. The maximum atomic E-state index is 12.6. The molecule has 0 spiro atoms. The normalized spacial score (nSPS) is 14.0. The zero-order chi connectivity index (χ0) is 37.8. The van der Waals surface area contributed by atoms with E-state index in [1.807, 2.05) is 0 Å². The quantitative estimate of drug-likeness (QED) is 0.0237. The van der Waals surface area contributed by atoms with E-state index in [1.165, 1.54) is 103 Å². The van der Waals surface area contributed by atoms with Crippen molar-refractivity contribution in [1.29, 1.82) is 0 Å². The molecule has 0 aliphatic rings. The van der Waals surface area contributed by atoms with E-state index in [2.05, 4.69) is 30.5 Å². The Balaban J connectivity index is 4.41. The third kappa shape index (κ3) is 35.0. The van der Waals surface area contributed by atoms with Crippen LogP contribution in [0.5, 0.6) is 0 Å². The van der Waals surface area contributed by atoms with Crippen LogP contribution in [0.3, 0.4) is 0 Å². The largest absolute Gasteiger partial charge is 0.480 e. The summed E-state index contributed by atoms with van der Waals surface area (Å²) in [4.78, 5) is 45.8. The lowest BCUT2D eigenvalue weighted by atomic mass is 10.0. The molecule has 12 heteroatoms. The summed E-state index contributed by atoms with van der Waals surface area (Å²) in [5.74, 6) is -2.39. The van der Waals surface area contributed by atoms with Gasteiger partial charge in [-0.3, -0.25) is 23.4 Å². The molecule has 3 atom stereocenters. The van der Waals surface area contributed by atoms with E-state index in [9.17, 15) is 23.8 Å². The second-order valence-corrected chi connectivity index (χ2v) is 15.2. The monoisotopic (exact) mass is 748 g/mol. The zero-order valence-electron chi connectivity index (χ0n) is 32.2. The van der Waals surface area contributed by atoms with Crippen molar-refractivity contribution in [2.75, 3.05) is 19.8 Å². The molecule has 0 amide bonds. The minimum atomic E-state index is -4.71. The van der Waals surface area contributed by atoms with Gasteiger partial charge in [0.05, 0.1) is 13.2 Å². The van der Waals surface area contributed by atoms with Crippen LogP contribution in [0.2, 0.25) is 0 Å². The Bertz CT molecular complexity index is 932. The lowest BCUT2D eigenvalue weighted by molar-refractivity contribution is -0.161. The van der Waals surface area contributed by atoms with Crippen LogP contribution in [0.15, 0.2) is 12.2 Å². The number of carbonyl (C=O) groups excluding carboxylic acids is 2. The molecule has 0 aliphatic heterocycles. The van der Waals surface area contributed by atoms with Crippen LogP contribution >= 0.6 is 7.82 Å². The van der Waals surface area contributed by atoms with Crippen LogP contribution in [0.4, 0.5) is 0 Å². The van der Waals surface area contributed by atoms with Gasteiger partial charge in [-0.2, -0.15) is 0 Å². The van der Waals surface area contributed by atoms with Crippen LogP contribution in [0.25, 0.3) is 0 Å². The van der Waals surface area contributed by atoms with Crippen LogP contribution in [-0.2, 0) is 37.5 Å². The van der Waals surface area contributed by atoms with Crippen molar-refractivity contribution in [2.45, 2.75) is 199 Å². The van der Waals surface area contributed by atoms with Crippen LogP contribution in [0, 0.1) is 0 Å². The summed E-state index contributed by atoms with van der Waals surface area (Å²) in [6, 6.07) is -1.52. The Morgan fingerprint density at radius 3 is 1.45 bits per heavy atom. The Morgan fingerprint density at radius 1 is 0.588 bits per heavy atom. The molecular weight excluding hydrogens is 673 g/mol. The first-order valence-corrected chi connectivity index (χ1v) is 21.7. The van der Waals surface area contributed by atoms with Gasteiger partial charge in [-0.05, 0) is 38.5 Å². The minimum absolute atomic E-state index is 0.163. The maximum Gasteiger partial charge on any atom is 0.472 e. The molecule has 300 valence electrons. The van der Waals surface area contributed by atoms with Gasteiger partial charge in [-0.25, -0.2) is 4.57 Å². The second kappa shape index (κ2) is 35.3. The molecule has 0 bridgehead atoms. The first-order chi connectivity index (χ1) is 24.6. The Hall–Kier alpha value is -1.78. The highest BCUT2D eigenvalue weighted by molar-refractivity contribution is 7.47. The molecule has 0 saturated carbocycles. The number of phosphoric ester groups is 1. The van der Waals surface area contributed by atoms with Gasteiger partial charge >= 0.3 is 25.7 Å². The third-order valence-electron chi connectivity index (χ3n) is 8.76. The molecule has 51 heavy (non-hydrogen) atoms. The van der Waals surface area contributed by atoms with Gasteiger partial charge in [0.2, 0.25) is 0 Å². The molecule has 0 fully saturated rings. The van der Waals surface area contributed by atoms with Gasteiger partial charge in [0.1, 0.15) is 12.6 Å². The van der Waals surface area contributed by atoms with E-state index < -0.39 is 51.1 Å². The number of rotatable bonds is 38. The smallest absolute Gasteiger partial charge is 0.472 e. The van der Waals surface area contributed by atoms with E-state index in [-0.39, 0.29) is 19.4 Å². The third-order valence-corrected chi connectivity index (χ3v) is 9.71. The van der Waals surface area contributed by atoms with Crippen molar-refractivity contribution in [3.05, 3.63) is 12.2 Å². The standard InChI is InChI=1S/C39H74NO10P/c1-3-5-7-9-11-13-15-17-18-19-21-22-24-26-28-30-37(41)47-32-35(33-48-51(45,46)49-34-36(40)39(43)44)50-38(42)31-29-27-25-23-20-16-14-12-10-8-6-4-2/h19,21,35-36H,3-18,20,22-34,40H2,1-2H3,(H,43,44)(H,45,46)/b21-19+/t35-,36+/m1/s1. The lowest BCUT2D eigenvalue weighted by Gasteiger charge is -2.20. The molecular formula is C39H74NO10P. The SMILES string of the molecule is CCCCCCCCCC/C=C/CCCCCC(=O)OC[C@H](COP(=O)(O)OC[C@H](N)C(=O)O)OC(=O)CCCCCCCCCCCCCC. The van der Waals surface area contributed by atoms with Crippen LogP contribution in [-0.4, -0.2) is 59.9 Å². The Kier molecular flexibility index (Phi) is 34.0. The summed E-state index contributed by atoms with van der Waals surface area (Å²) >= 11 is 0. The number of allylic oxidation sites excluding steroid dienone is 2. The highest BCUT2D eigenvalue weighted by Gasteiger charge is 2.28. The second-order valence-electron chi connectivity index (χ2n) is 13.8. The highest BCUT2D eigenvalue weighted by Crippen LogP contribution is 2.43. The van der Waals surface area contributed by atoms with Crippen molar-refractivity contribution in [2.24, 2.45) is 5.73 Å². The summed E-state index contributed by atoms with van der Waals surface area (Å²) in [5.41, 5.74) is 5.32. The molecule has 11 nitrogen and oxygen atoms in total. The molecule has 0 aromatic rings. The average molecular weight is 748 g/mol. The number of phosphoric acid groups is 1. The van der Waals surface area contributed by atoms with Gasteiger partial charge in [0.15, 0.2) is 6.10 Å². The fourth-order valence-corrected chi connectivity index (χ4v) is 6.31. The fourth-order valence-electron chi connectivity index (χ4n) is 5.53. The molecule has 1 unspecified atom stereocenters. The lowest BCUT2D eigenvalue weighted by Crippen LogP contribution is -2.34. The molecule has 0 rings (SSSR count). The molecule has 0 aliphatic carbocycles. The number of esters is 2. The number of hydrogen-bond acceptors (Lipinski definition) is 9. The van der Waals surface area contributed by atoms with Crippen molar-refractivity contribution in [3.63, 3.8) is 0 Å². The zero-order valence-corrected chi connectivity index (χ0v) is 33.1. The van der Waals surface area contributed by atoms with Crippen molar-refractivity contribution < 1.29 is 47.5 Å². The molecule has 0 aromatic heterocycles. The van der Waals surface area contributed by atoms with Gasteiger partial charge in [-0.15, -0.1) is 0 Å². The number of carboxylic acid groups (broad SMARTS) is 1. The summed E-state index contributed by atoms with van der Waals surface area (Å²) in [6.45, 7) is 2.78. The van der Waals surface area contributed by atoms with Gasteiger partial charge in [0.25, 0.3) is 0 Å². The summed E-state index contributed by atoms with van der Waals surface area (Å²) in [5, 5.41) is 8.86. The molecule has 0 aromatic carbocycles. The number of carboxylic acids is 1. The first-order valence-electron chi connectivity index (χ1n) is 20.2. The van der Waals surface area contributed by atoms with Crippen molar-refractivity contribution >= 4 is 25.7 Å². The molecule has 0 saturated heterocycles. The summed E-state index contributed by atoms with van der Waals surface area (Å²) in [6.07, 6.45) is 32.8. The number of nitrogens with two attached hydrogens (primary N) is 1. The van der Waals surface area contributed by atoms with E-state index in [0.29, 0.717) is 12.8 Å². The predicted octanol–water partition coefficient (Wildman–Crippen LogP) is 10.1. The Labute approximate surface area is 309 Å². The average Bonchev–Trinajstić information content (AvgIpc) is 3.10. The fraction of sp³-hybridized carbons (Fsp3) is 0.872. The summed E-state index contributed by atoms with van der Waals surface area (Å²) in [7, 11) is -4.71. The Morgan fingerprint density at radius 2 is 0.980 bits per heavy atom. The van der Waals surface area contributed by atoms with Crippen molar-refractivity contribution in [3.8, 4) is 0 Å². The molecule has 0 radical (unpaired) electrons. The van der Waals surface area contributed by atoms with Crippen LogP contribution < -0.4 is 5.73 Å². The highest BCUT2D eigenvalue weighted by atomic mass is 31.2. The predicted molar refractivity (Wildman–Crippen MR) is 203 cm³/mol. The number of aliphatic carboxylic acids is 1. The van der Waals surface area contributed by atoms with E-state index in [0.717, 1.165) is 44.9 Å². The summed E-state index contributed by atoms with van der Waals surface area (Å²) < 4.78 is 32.6. The van der Waals surface area contributed by atoms with E-state index >= 15 is 0 Å². The number of ether oxygens (including phenoxy) is 2. The first kappa shape index (κ1) is 49.2. The van der Waals surface area contributed by atoms with Gasteiger partial charge in [0, 0.05) is 12.8 Å². The number of unbranched alkanes of at least 4 members (excludes halogenated alkanes) is 22.